The second kappa shape index (κ2) is 8.98. The quantitative estimate of drug-likeness (QED) is 0.545. The molecule has 1 heterocycles. The van der Waals surface area contributed by atoms with Gasteiger partial charge in [0.15, 0.2) is 0 Å². The van der Waals surface area contributed by atoms with Crippen molar-refractivity contribution in [1.82, 2.24) is 5.32 Å². The molecule has 1 amide bonds. The Balaban J connectivity index is 1.75. The summed E-state index contributed by atoms with van der Waals surface area (Å²) < 4.78 is 28.1. The standard InChI is InChI=1S/C21H21ClN2O3S2/c1-14-5-6-16(12-15(14)2)24-29(26,27)18-7-8-20(22)19(13-18)21(25)23-10-9-17-4-3-11-28-17/h3-8,11-13,24H,9-10H2,1-2H3,(H,23,25). The van der Waals surface area contributed by atoms with E-state index in [-0.39, 0.29) is 15.5 Å². The Morgan fingerprint density at radius 3 is 2.55 bits per heavy atom. The second-order valence-corrected chi connectivity index (χ2v) is 9.75. The fourth-order valence-corrected chi connectivity index (χ4v) is 4.70. The highest BCUT2D eigenvalue weighted by atomic mass is 35.5. The topological polar surface area (TPSA) is 75.3 Å². The van der Waals surface area contributed by atoms with Crippen LogP contribution in [0.5, 0.6) is 0 Å². The molecule has 3 rings (SSSR count). The molecule has 0 radical (unpaired) electrons. The van der Waals surface area contributed by atoms with E-state index in [9.17, 15) is 13.2 Å². The lowest BCUT2D eigenvalue weighted by atomic mass is 10.1. The zero-order valence-electron chi connectivity index (χ0n) is 16.0. The highest BCUT2D eigenvalue weighted by Crippen LogP contribution is 2.23. The van der Waals surface area contributed by atoms with Crippen LogP contribution in [0.2, 0.25) is 5.02 Å². The molecule has 0 fully saturated rings. The number of carbonyl (C=O) groups excluding carboxylic acids is 1. The van der Waals surface area contributed by atoms with E-state index in [0.29, 0.717) is 18.7 Å². The molecule has 29 heavy (non-hydrogen) atoms. The van der Waals surface area contributed by atoms with Gasteiger partial charge in [0, 0.05) is 17.1 Å². The molecule has 8 heteroatoms. The molecule has 0 aliphatic carbocycles. The molecule has 2 aromatic carbocycles. The number of benzene rings is 2. The summed E-state index contributed by atoms with van der Waals surface area (Å²) in [5, 5.41) is 4.96. The average molecular weight is 449 g/mol. The molecular weight excluding hydrogens is 428 g/mol. The van der Waals surface area contributed by atoms with Crippen LogP contribution in [0.4, 0.5) is 5.69 Å². The van der Waals surface area contributed by atoms with Gasteiger partial charge in [-0.15, -0.1) is 11.3 Å². The van der Waals surface area contributed by atoms with Crippen molar-refractivity contribution in [1.29, 1.82) is 0 Å². The summed E-state index contributed by atoms with van der Waals surface area (Å²) in [6, 6.07) is 13.4. The molecule has 0 unspecified atom stereocenters. The van der Waals surface area contributed by atoms with Crippen molar-refractivity contribution >= 4 is 44.6 Å². The molecule has 5 nitrogen and oxygen atoms in total. The van der Waals surface area contributed by atoms with Crippen LogP contribution < -0.4 is 10.0 Å². The predicted molar refractivity (Wildman–Crippen MR) is 119 cm³/mol. The van der Waals surface area contributed by atoms with Gasteiger partial charge in [0.2, 0.25) is 0 Å². The van der Waals surface area contributed by atoms with Crippen molar-refractivity contribution in [2.75, 3.05) is 11.3 Å². The van der Waals surface area contributed by atoms with Gasteiger partial charge in [-0.25, -0.2) is 8.42 Å². The lowest BCUT2D eigenvalue weighted by Gasteiger charge is -2.12. The molecule has 3 aromatic rings. The summed E-state index contributed by atoms with van der Waals surface area (Å²) in [6.45, 7) is 4.30. The number of anilines is 1. The van der Waals surface area contributed by atoms with Crippen LogP contribution in [0, 0.1) is 13.8 Å². The van der Waals surface area contributed by atoms with Crippen LogP contribution >= 0.6 is 22.9 Å². The van der Waals surface area contributed by atoms with Crippen molar-refractivity contribution in [2.45, 2.75) is 25.2 Å². The Kier molecular flexibility index (Phi) is 6.62. The van der Waals surface area contributed by atoms with Crippen molar-refractivity contribution < 1.29 is 13.2 Å². The third kappa shape index (κ3) is 5.38. The number of hydrogen-bond donors (Lipinski definition) is 2. The number of hydrogen-bond acceptors (Lipinski definition) is 4. The summed E-state index contributed by atoms with van der Waals surface area (Å²) in [7, 11) is -3.86. The minimum absolute atomic E-state index is 0.0245. The van der Waals surface area contributed by atoms with Gasteiger partial charge in [-0.2, -0.15) is 0 Å². The van der Waals surface area contributed by atoms with Gasteiger partial charge in [0.25, 0.3) is 15.9 Å². The van der Waals surface area contributed by atoms with E-state index < -0.39 is 15.9 Å². The third-order valence-electron chi connectivity index (χ3n) is 4.49. The minimum Gasteiger partial charge on any atom is -0.352 e. The van der Waals surface area contributed by atoms with Gasteiger partial charge in [0.1, 0.15) is 0 Å². The zero-order chi connectivity index (χ0) is 21.0. The van der Waals surface area contributed by atoms with Crippen molar-refractivity contribution in [3.8, 4) is 0 Å². The molecule has 0 bridgehead atoms. The van der Waals surface area contributed by atoms with Crippen LogP contribution in [0.25, 0.3) is 0 Å². The Bertz CT molecular complexity index is 1130. The van der Waals surface area contributed by atoms with E-state index in [0.717, 1.165) is 16.0 Å². The van der Waals surface area contributed by atoms with E-state index in [2.05, 4.69) is 10.0 Å². The predicted octanol–water partition coefficient (Wildman–Crippen LogP) is 4.79. The van der Waals surface area contributed by atoms with Gasteiger partial charge in [-0.3, -0.25) is 9.52 Å². The average Bonchev–Trinajstić information content (AvgIpc) is 3.18. The summed E-state index contributed by atoms with van der Waals surface area (Å²) in [4.78, 5) is 13.6. The number of rotatable bonds is 7. The van der Waals surface area contributed by atoms with Gasteiger partial charge >= 0.3 is 0 Å². The fourth-order valence-electron chi connectivity index (χ4n) is 2.71. The number of halogens is 1. The zero-order valence-corrected chi connectivity index (χ0v) is 18.4. The maximum Gasteiger partial charge on any atom is 0.261 e. The monoisotopic (exact) mass is 448 g/mol. The highest BCUT2D eigenvalue weighted by Gasteiger charge is 2.19. The first-order valence-corrected chi connectivity index (χ1v) is 11.7. The number of carbonyl (C=O) groups is 1. The summed E-state index contributed by atoms with van der Waals surface area (Å²) in [5.41, 5.74) is 2.64. The summed E-state index contributed by atoms with van der Waals surface area (Å²) in [6.07, 6.45) is 0.702. The van der Waals surface area contributed by atoms with Crippen molar-refractivity contribution in [3.05, 3.63) is 80.5 Å². The Labute approximate surface area is 179 Å². The van der Waals surface area contributed by atoms with Gasteiger partial charge in [0.05, 0.1) is 15.5 Å². The molecule has 1 aromatic heterocycles. The smallest absolute Gasteiger partial charge is 0.261 e. The molecule has 0 aliphatic heterocycles. The van der Waals surface area contributed by atoms with Crippen molar-refractivity contribution in [3.63, 3.8) is 0 Å². The van der Waals surface area contributed by atoms with E-state index in [1.165, 1.54) is 18.2 Å². The third-order valence-corrected chi connectivity index (χ3v) is 7.13. The van der Waals surface area contributed by atoms with E-state index >= 15 is 0 Å². The van der Waals surface area contributed by atoms with Crippen LogP contribution in [0.3, 0.4) is 0 Å². The molecule has 0 saturated heterocycles. The molecular formula is C21H21ClN2O3S2. The summed E-state index contributed by atoms with van der Waals surface area (Å²) >= 11 is 7.76. The van der Waals surface area contributed by atoms with Crippen LogP contribution in [-0.2, 0) is 16.4 Å². The maximum absolute atomic E-state index is 12.8. The Morgan fingerprint density at radius 1 is 1.07 bits per heavy atom. The van der Waals surface area contributed by atoms with Gasteiger partial charge in [-0.1, -0.05) is 23.7 Å². The van der Waals surface area contributed by atoms with E-state index in [1.54, 1.807) is 23.5 Å². The number of nitrogens with one attached hydrogen (secondary N) is 2. The minimum atomic E-state index is -3.86. The second-order valence-electron chi connectivity index (χ2n) is 6.63. The van der Waals surface area contributed by atoms with Gasteiger partial charge in [-0.05, 0) is 73.2 Å². The first kappa shape index (κ1) is 21.4. The molecule has 0 spiro atoms. The van der Waals surface area contributed by atoms with Crippen molar-refractivity contribution in [2.24, 2.45) is 0 Å². The first-order chi connectivity index (χ1) is 13.8. The Hall–Kier alpha value is -2.35. The number of amides is 1. The summed E-state index contributed by atoms with van der Waals surface area (Å²) in [5.74, 6) is -0.408. The fraction of sp³-hybridized carbons (Fsp3) is 0.190. The number of aryl methyl sites for hydroxylation is 2. The lowest BCUT2D eigenvalue weighted by Crippen LogP contribution is -2.26. The molecule has 0 aliphatic rings. The SMILES string of the molecule is Cc1ccc(NS(=O)(=O)c2ccc(Cl)c(C(=O)NCCc3cccs3)c2)cc1C. The molecule has 2 N–H and O–H groups in total. The lowest BCUT2D eigenvalue weighted by molar-refractivity contribution is 0.0954. The van der Waals surface area contributed by atoms with E-state index in [1.807, 2.05) is 37.4 Å². The number of thiophene rings is 1. The largest absolute Gasteiger partial charge is 0.352 e. The van der Waals surface area contributed by atoms with Crippen LogP contribution in [0.1, 0.15) is 26.4 Å². The van der Waals surface area contributed by atoms with E-state index in [4.69, 9.17) is 11.6 Å². The van der Waals surface area contributed by atoms with Crippen LogP contribution in [0.15, 0.2) is 58.8 Å². The number of sulfonamides is 1. The van der Waals surface area contributed by atoms with Gasteiger partial charge < -0.3 is 5.32 Å². The molecule has 0 atom stereocenters. The molecule has 0 saturated carbocycles. The normalized spacial score (nSPS) is 11.3. The first-order valence-electron chi connectivity index (χ1n) is 8.96. The molecule has 152 valence electrons. The Morgan fingerprint density at radius 2 is 1.86 bits per heavy atom. The van der Waals surface area contributed by atoms with Crippen LogP contribution in [-0.4, -0.2) is 20.9 Å². The maximum atomic E-state index is 12.8. The highest BCUT2D eigenvalue weighted by molar-refractivity contribution is 7.92.